The highest BCUT2D eigenvalue weighted by Crippen LogP contribution is 2.25. The first-order chi connectivity index (χ1) is 11.6. The molecular formula is C18H24N2O3S. The van der Waals surface area contributed by atoms with Crippen LogP contribution in [0.5, 0.6) is 5.75 Å². The molecule has 2 aromatic rings. The summed E-state index contributed by atoms with van der Waals surface area (Å²) in [6, 6.07) is 9.64. The van der Waals surface area contributed by atoms with Crippen LogP contribution in [0.2, 0.25) is 0 Å². The van der Waals surface area contributed by atoms with Gasteiger partial charge in [0.05, 0.1) is 11.1 Å². The van der Waals surface area contributed by atoms with Crippen LogP contribution in [0.4, 0.5) is 0 Å². The second-order valence-electron chi connectivity index (χ2n) is 5.73. The summed E-state index contributed by atoms with van der Waals surface area (Å²) in [5.41, 5.74) is 0.216. The van der Waals surface area contributed by atoms with Gasteiger partial charge in [-0.15, -0.1) is 11.3 Å². The van der Waals surface area contributed by atoms with Crippen molar-refractivity contribution in [3.8, 4) is 5.75 Å². The fourth-order valence-corrected chi connectivity index (χ4v) is 3.17. The Morgan fingerprint density at radius 3 is 2.62 bits per heavy atom. The van der Waals surface area contributed by atoms with E-state index in [9.17, 15) is 9.90 Å². The van der Waals surface area contributed by atoms with E-state index in [2.05, 4.69) is 10.3 Å². The van der Waals surface area contributed by atoms with Crippen molar-refractivity contribution in [2.45, 2.75) is 39.8 Å². The largest absolute Gasteiger partial charge is 0.486 e. The summed E-state index contributed by atoms with van der Waals surface area (Å²) in [7, 11) is 0. The van der Waals surface area contributed by atoms with Crippen LogP contribution in [-0.2, 0) is 17.9 Å². The van der Waals surface area contributed by atoms with Gasteiger partial charge in [-0.2, -0.15) is 0 Å². The summed E-state index contributed by atoms with van der Waals surface area (Å²) in [6.45, 7) is 5.29. The Morgan fingerprint density at radius 1 is 1.29 bits per heavy atom. The predicted octanol–water partition coefficient (Wildman–Crippen LogP) is 3.70. The zero-order valence-corrected chi connectivity index (χ0v) is 14.9. The van der Waals surface area contributed by atoms with Crippen molar-refractivity contribution in [1.82, 2.24) is 10.3 Å². The van der Waals surface area contributed by atoms with E-state index in [1.165, 1.54) is 0 Å². The number of carboxylic acids is 1. The minimum Gasteiger partial charge on any atom is -0.486 e. The Labute approximate surface area is 146 Å². The minimum atomic E-state index is -0.741. The number of ether oxygens (including phenoxy) is 1. The Bertz CT molecular complexity index is 639. The highest BCUT2D eigenvalue weighted by atomic mass is 32.1. The fourth-order valence-electron chi connectivity index (χ4n) is 2.47. The number of nitrogens with zero attached hydrogens (tertiary/aromatic N) is 1. The van der Waals surface area contributed by atoms with Gasteiger partial charge in [-0.3, -0.25) is 4.79 Å². The van der Waals surface area contributed by atoms with E-state index in [4.69, 9.17) is 4.74 Å². The molecule has 0 radical (unpaired) electrons. The van der Waals surface area contributed by atoms with Gasteiger partial charge in [0, 0.05) is 18.5 Å². The maximum atomic E-state index is 11.5. The highest BCUT2D eigenvalue weighted by Gasteiger charge is 2.34. The summed E-state index contributed by atoms with van der Waals surface area (Å²) in [6.07, 6.45) is 1.22. The molecule has 5 nitrogen and oxygen atoms in total. The van der Waals surface area contributed by atoms with E-state index in [0.717, 1.165) is 16.5 Å². The van der Waals surface area contributed by atoms with Crippen molar-refractivity contribution in [2.75, 3.05) is 6.54 Å². The third kappa shape index (κ3) is 4.79. The van der Waals surface area contributed by atoms with Gasteiger partial charge in [-0.05, 0) is 25.0 Å². The van der Waals surface area contributed by atoms with Gasteiger partial charge < -0.3 is 15.2 Å². The molecule has 0 spiro atoms. The van der Waals surface area contributed by atoms with Gasteiger partial charge in [-0.25, -0.2) is 4.98 Å². The molecule has 24 heavy (non-hydrogen) atoms. The lowest BCUT2D eigenvalue weighted by molar-refractivity contribution is -0.149. The minimum absolute atomic E-state index is 0.442. The van der Waals surface area contributed by atoms with Crippen LogP contribution < -0.4 is 10.1 Å². The summed E-state index contributed by atoms with van der Waals surface area (Å²) < 4.78 is 5.68. The van der Waals surface area contributed by atoms with Crippen LogP contribution in [0.15, 0.2) is 35.7 Å². The predicted molar refractivity (Wildman–Crippen MR) is 95.2 cm³/mol. The molecule has 0 aliphatic heterocycles. The zero-order valence-electron chi connectivity index (χ0n) is 14.1. The van der Waals surface area contributed by atoms with E-state index >= 15 is 0 Å². The molecule has 0 unspecified atom stereocenters. The smallest absolute Gasteiger partial charge is 0.310 e. The second-order valence-corrected chi connectivity index (χ2v) is 6.67. The number of hydrogen-bond donors (Lipinski definition) is 2. The molecule has 0 saturated carbocycles. The van der Waals surface area contributed by atoms with Crippen molar-refractivity contribution in [3.63, 3.8) is 0 Å². The average Bonchev–Trinajstić information content (AvgIpc) is 3.06. The van der Waals surface area contributed by atoms with Crippen LogP contribution in [0.25, 0.3) is 0 Å². The molecule has 0 aliphatic rings. The average molecular weight is 348 g/mol. The Hall–Kier alpha value is -1.92. The number of thiazole rings is 1. The molecule has 1 heterocycles. The van der Waals surface area contributed by atoms with Crippen molar-refractivity contribution in [1.29, 1.82) is 0 Å². The van der Waals surface area contributed by atoms with Crippen molar-refractivity contribution >= 4 is 17.3 Å². The Morgan fingerprint density at radius 2 is 2.00 bits per heavy atom. The molecule has 6 heteroatoms. The molecule has 0 saturated heterocycles. The summed E-state index contributed by atoms with van der Waals surface area (Å²) >= 11 is 1.55. The molecule has 2 rings (SSSR count). The van der Waals surface area contributed by atoms with Gasteiger partial charge in [0.25, 0.3) is 0 Å². The topological polar surface area (TPSA) is 71.5 Å². The number of hydrogen-bond acceptors (Lipinski definition) is 5. The maximum absolute atomic E-state index is 11.5. The summed E-state index contributed by atoms with van der Waals surface area (Å²) in [5.74, 6) is 0.0831. The third-order valence-electron chi connectivity index (χ3n) is 4.28. The molecule has 0 aliphatic carbocycles. The number of benzene rings is 1. The Kier molecular flexibility index (Phi) is 6.75. The molecule has 1 aromatic carbocycles. The highest BCUT2D eigenvalue weighted by molar-refractivity contribution is 7.09. The first-order valence-corrected chi connectivity index (χ1v) is 9.03. The number of aliphatic carboxylic acids is 1. The van der Waals surface area contributed by atoms with Crippen LogP contribution >= 0.6 is 11.3 Å². The van der Waals surface area contributed by atoms with Gasteiger partial charge in [-0.1, -0.05) is 32.0 Å². The van der Waals surface area contributed by atoms with Crippen LogP contribution in [0.1, 0.15) is 37.4 Å². The zero-order chi connectivity index (χ0) is 17.4. The molecular weight excluding hydrogens is 324 g/mol. The third-order valence-corrected chi connectivity index (χ3v) is 5.15. The van der Waals surface area contributed by atoms with Crippen LogP contribution in [0.3, 0.4) is 0 Å². The molecule has 1 aromatic heterocycles. The maximum Gasteiger partial charge on any atom is 0.310 e. The number of rotatable bonds is 10. The van der Waals surface area contributed by atoms with Crippen molar-refractivity contribution < 1.29 is 14.6 Å². The molecule has 130 valence electrons. The number of aromatic nitrogens is 1. The number of nitrogens with one attached hydrogen (secondary N) is 1. The first kappa shape index (κ1) is 18.4. The SMILES string of the molecule is CCC(CC)(CNCc1csc(COc2ccccc2)n1)C(=O)O. The number of carboxylic acid groups (broad SMARTS) is 1. The lowest BCUT2D eigenvalue weighted by atomic mass is 9.82. The lowest BCUT2D eigenvalue weighted by Gasteiger charge is -2.26. The molecule has 0 fully saturated rings. The molecule has 2 N–H and O–H groups in total. The quantitative estimate of drug-likeness (QED) is 0.685. The standard InChI is InChI=1S/C18H24N2O3S/c1-3-18(4-2,17(21)22)13-19-10-14-12-24-16(20-14)11-23-15-8-6-5-7-9-15/h5-9,12,19H,3-4,10-11,13H2,1-2H3,(H,21,22). The molecule has 0 amide bonds. The van der Waals surface area contributed by atoms with Crippen LogP contribution in [0, 0.1) is 5.41 Å². The summed E-state index contributed by atoms with van der Waals surface area (Å²) in [4.78, 5) is 16.0. The van der Waals surface area contributed by atoms with Gasteiger partial charge in [0.15, 0.2) is 0 Å². The monoisotopic (exact) mass is 348 g/mol. The normalized spacial score (nSPS) is 11.4. The van der Waals surface area contributed by atoms with Crippen molar-refractivity contribution in [3.05, 3.63) is 46.4 Å². The van der Waals surface area contributed by atoms with E-state index in [1.807, 2.05) is 49.6 Å². The summed E-state index contributed by atoms with van der Waals surface area (Å²) in [5, 5.41) is 15.6. The van der Waals surface area contributed by atoms with Gasteiger partial charge >= 0.3 is 5.97 Å². The van der Waals surface area contributed by atoms with E-state index in [1.54, 1.807) is 11.3 Å². The number of carbonyl (C=O) groups is 1. The van der Waals surface area contributed by atoms with Gasteiger partial charge in [0.1, 0.15) is 17.4 Å². The van der Waals surface area contributed by atoms with E-state index in [0.29, 0.717) is 32.5 Å². The molecule has 0 bridgehead atoms. The van der Waals surface area contributed by atoms with Crippen LogP contribution in [-0.4, -0.2) is 22.6 Å². The first-order valence-electron chi connectivity index (χ1n) is 8.15. The lowest BCUT2D eigenvalue weighted by Crippen LogP contribution is -2.40. The van der Waals surface area contributed by atoms with Crippen molar-refractivity contribution in [2.24, 2.45) is 5.41 Å². The van der Waals surface area contributed by atoms with E-state index < -0.39 is 11.4 Å². The second kappa shape index (κ2) is 8.80. The number of para-hydroxylation sites is 1. The fraction of sp³-hybridized carbons (Fsp3) is 0.444. The Balaban J connectivity index is 1.82. The van der Waals surface area contributed by atoms with Gasteiger partial charge in [0.2, 0.25) is 0 Å². The molecule has 0 atom stereocenters. The van der Waals surface area contributed by atoms with E-state index in [-0.39, 0.29) is 0 Å².